The second-order valence-corrected chi connectivity index (χ2v) is 4.11. The summed E-state index contributed by atoms with van der Waals surface area (Å²) in [5.74, 6) is 0.515. The van der Waals surface area contributed by atoms with Gasteiger partial charge < -0.3 is 16.4 Å². The van der Waals surface area contributed by atoms with Gasteiger partial charge in [-0.2, -0.15) is 0 Å². The van der Waals surface area contributed by atoms with E-state index in [0.29, 0.717) is 5.82 Å². The van der Waals surface area contributed by atoms with Crippen molar-refractivity contribution in [3.63, 3.8) is 0 Å². The average molecular weight is 237 g/mol. The van der Waals surface area contributed by atoms with Crippen LogP contribution in [0.15, 0.2) is 6.07 Å². The molecule has 4 N–H and O–H groups in total. The first-order valence-electron chi connectivity index (χ1n) is 5.55. The summed E-state index contributed by atoms with van der Waals surface area (Å²) >= 11 is 0. The Morgan fingerprint density at radius 2 is 1.94 bits per heavy atom. The van der Waals surface area contributed by atoms with E-state index in [1.54, 1.807) is 0 Å². The molecule has 0 bridgehead atoms. The Bertz CT molecular complexity index is 419. The van der Waals surface area contributed by atoms with Crippen molar-refractivity contribution in [2.24, 2.45) is 0 Å². The van der Waals surface area contributed by atoms with Gasteiger partial charge in [0, 0.05) is 19.2 Å². The van der Waals surface area contributed by atoms with Gasteiger partial charge in [-0.1, -0.05) is 0 Å². The van der Waals surface area contributed by atoms with Crippen LogP contribution in [0.2, 0.25) is 0 Å². The van der Waals surface area contributed by atoms with Crippen LogP contribution in [-0.2, 0) is 0 Å². The van der Waals surface area contributed by atoms with Crippen LogP contribution in [0.4, 0.5) is 23.0 Å². The number of nitrogens with zero attached hydrogens (tertiary/aromatic N) is 3. The van der Waals surface area contributed by atoms with Gasteiger partial charge in [0.25, 0.3) is 0 Å². The molecule has 1 fully saturated rings. The summed E-state index contributed by atoms with van der Waals surface area (Å²) in [6.07, 6.45) is 3.39. The van der Waals surface area contributed by atoms with Crippen LogP contribution >= 0.6 is 0 Å². The second-order valence-electron chi connectivity index (χ2n) is 4.11. The summed E-state index contributed by atoms with van der Waals surface area (Å²) in [5, 5.41) is 10.7. The molecular formula is C10H15N5O2. The van der Waals surface area contributed by atoms with E-state index in [-0.39, 0.29) is 17.2 Å². The zero-order valence-electron chi connectivity index (χ0n) is 9.43. The largest absolute Gasteiger partial charge is 0.393 e. The molecule has 17 heavy (non-hydrogen) atoms. The highest BCUT2D eigenvalue weighted by atomic mass is 16.6. The number of rotatable bonds is 2. The molecule has 92 valence electrons. The van der Waals surface area contributed by atoms with Gasteiger partial charge in [0.15, 0.2) is 0 Å². The molecule has 0 atom stereocenters. The van der Waals surface area contributed by atoms with Crippen molar-refractivity contribution in [2.75, 3.05) is 29.5 Å². The highest BCUT2D eigenvalue weighted by Gasteiger charge is 2.21. The predicted octanol–water partition coefficient (Wildman–Crippen LogP) is 1.14. The minimum atomic E-state index is -0.600. The second kappa shape index (κ2) is 4.44. The molecule has 0 spiro atoms. The van der Waals surface area contributed by atoms with E-state index in [0.717, 1.165) is 25.9 Å². The maximum atomic E-state index is 10.7. The maximum absolute atomic E-state index is 10.7. The lowest BCUT2D eigenvalue weighted by molar-refractivity contribution is -0.383. The van der Waals surface area contributed by atoms with Gasteiger partial charge >= 0.3 is 5.69 Å². The first kappa shape index (κ1) is 11.4. The summed E-state index contributed by atoms with van der Waals surface area (Å²) in [6, 6.07) is 1.53. The number of piperidine rings is 1. The van der Waals surface area contributed by atoms with Gasteiger partial charge in [0.2, 0.25) is 5.82 Å². The molecule has 1 aliphatic rings. The van der Waals surface area contributed by atoms with E-state index in [1.165, 1.54) is 12.5 Å². The minimum absolute atomic E-state index is 0.0723. The lowest BCUT2D eigenvalue weighted by Crippen LogP contribution is -2.30. The summed E-state index contributed by atoms with van der Waals surface area (Å²) < 4.78 is 0. The molecule has 0 amide bonds. The zero-order chi connectivity index (χ0) is 12.4. The van der Waals surface area contributed by atoms with Gasteiger partial charge in [0.05, 0.1) is 4.92 Å². The molecule has 7 nitrogen and oxygen atoms in total. The SMILES string of the molecule is Nc1cc(N2CCCCC2)nc(N)c1[N+](=O)[O-]. The first-order valence-corrected chi connectivity index (χ1v) is 5.55. The molecule has 1 aromatic rings. The highest BCUT2D eigenvalue weighted by molar-refractivity contribution is 5.73. The van der Waals surface area contributed by atoms with Gasteiger partial charge in [0.1, 0.15) is 11.5 Å². The van der Waals surface area contributed by atoms with E-state index in [2.05, 4.69) is 9.88 Å². The van der Waals surface area contributed by atoms with Gasteiger partial charge in [-0.05, 0) is 19.3 Å². The molecule has 0 saturated carbocycles. The number of nitro groups is 1. The van der Waals surface area contributed by atoms with Crippen LogP contribution in [0.25, 0.3) is 0 Å². The third-order valence-electron chi connectivity index (χ3n) is 2.90. The smallest absolute Gasteiger partial charge is 0.333 e. The number of nitrogen functional groups attached to an aromatic ring is 2. The first-order chi connectivity index (χ1) is 8.09. The third kappa shape index (κ3) is 2.22. The molecule has 1 aromatic heterocycles. The summed E-state index contributed by atoms with van der Waals surface area (Å²) in [6.45, 7) is 1.79. The standard InChI is InChI=1S/C10H15N5O2/c11-7-6-8(14-4-2-1-3-5-14)13-10(12)9(7)15(16)17/h6H,1-5H2,(H4,11,12,13). The van der Waals surface area contributed by atoms with Crippen molar-refractivity contribution in [3.05, 3.63) is 16.2 Å². The zero-order valence-corrected chi connectivity index (χ0v) is 9.43. The minimum Gasteiger partial charge on any atom is -0.393 e. The molecular weight excluding hydrogens is 222 g/mol. The number of nitrogens with two attached hydrogens (primary N) is 2. The van der Waals surface area contributed by atoms with E-state index >= 15 is 0 Å². The molecule has 7 heteroatoms. The number of pyridine rings is 1. The molecule has 1 saturated heterocycles. The molecule has 0 unspecified atom stereocenters. The Morgan fingerprint density at radius 3 is 2.47 bits per heavy atom. The fraction of sp³-hybridized carbons (Fsp3) is 0.500. The van der Waals surface area contributed by atoms with Crippen LogP contribution in [0.3, 0.4) is 0 Å². The number of hydrogen-bond donors (Lipinski definition) is 2. The van der Waals surface area contributed by atoms with Gasteiger partial charge in [-0.3, -0.25) is 10.1 Å². The Balaban J connectivity index is 2.34. The Hall–Kier alpha value is -2.05. The van der Waals surface area contributed by atoms with E-state index < -0.39 is 4.92 Å². The monoisotopic (exact) mass is 237 g/mol. The van der Waals surface area contributed by atoms with E-state index in [9.17, 15) is 10.1 Å². The average Bonchev–Trinajstić information content (AvgIpc) is 2.28. The normalized spacial score (nSPS) is 15.9. The van der Waals surface area contributed by atoms with Crippen LogP contribution in [0, 0.1) is 10.1 Å². The maximum Gasteiger partial charge on any atom is 0.333 e. The summed E-state index contributed by atoms with van der Waals surface area (Å²) in [4.78, 5) is 16.2. The topological polar surface area (TPSA) is 111 Å². The third-order valence-corrected chi connectivity index (χ3v) is 2.90. The lowest BCUT2D eigenvalue weighted by atomic mass is 10.1. The number of hydrogen-bond acceptors (Lipinski definition) is 6. The van der Waals surface area contributed by atoms with Crippen LogP contribution < -0.4 is 16.4 Å². The summed E-state index contributed by atoms with van der Waals surface area (Å²) in [7, 11) is 0. The molecule has 1 aliphatic heterocycles. The van der Waals surface area contributed by atoms with Crippen molar-refractivity contribution < 1.29 is 4.92 Å². The molecule has 0 radical (unpaired) electrons. The van der Waals surface area contributed by atoms with Crippen molar-refractivity contribution in [3.8, 4) is 0 Å². The Morgan fingerprint density at radius 1 is 1.29 bits per heavy atom. The van der Waals surface area contributed by atoms with Crippen molar-refractivity contribution in [2.45, 2.75) is 19.3 Å². The predicted molar refractivity (Wildman–Crippen MR) is 65.8 cm³/mol. The van der Waals surface area contributed by atoms with Crippen LogP contribution in [0.1, 0.15) is 19.3 Å². The van der Waals surface area contributed by atoms with Crippen LogP contribution in [0.5, 0.6) is 0 Å². The van der Waals surface area contributed by atoms with E-state index in [1.807, 2.05) is 0 Å². The van der Waals surface area contributed by atoms with Crippen molar-refractivity contribution >= 4 is 23.0 Å². The van der Waals surface area contributed by atoms with Crippen molar-refractivity contribution in [1.82, 2.24) is 4.98 Å². The highest BCUT2D eigenvalue weighted by Crippen LogP contribution is 2.31. The van der Waals surface area contributed by atoms with E-state index in [4.69, 9.17) is 11.5 Å². The van der Waals surface area contributed by atoms with Crippen LogP contribution in [-0.4, -0.2) is 23.0 Å². The molecule has 0 aromatic carbocycles. The van der Waals surface area contributed by atoms with Crippen molar-refractivity contribution in [1.29, 1.82) is 0 Å². The number of aromatic nitrogens is 1. The molecule has 2 rings (SSSR count). The molecule has 2 heterocycles. The summed E-state index contributed by atoms with van der Waals surface area (Å²) in [5.41, 5.74) is 11.0. The quantitative estimate of drug-likeness (QED) is 0.589. The fourth-order valence-corrected chi connectivity index (χ4v) is 2.05. The van der Waals surface area contributed by atoms with Gasteiger partial charge in [-0.15, -0.1) is 0 Å². The number of anilines is 3. The van der Waals surface area contributed by atoms with Gasteiger partial charge in [-0.25, -0.2) is 4.98 Å². The fourth-order valence-electron chi connectivity index (χ4n) is 2.05. The molecule has 0 aliphatic carbocycles. The Kier molecular flexibility index (Phi) is 2.99. The lowest BCUT2D eigenvalue weighted by Gasteiger charge is -2.27. The Labute approximate surface area is 98.6 Å².